The van der Waals surface area contributed by atoms with Gasteiger partial charge in [0.1, 0.15) is 5.75 Å². The van der Waals surface area contributed by atoms with Crippen LogP contribution in [-0.4, -0.2) is 35.0 Å². The smallest absolute Gasteiger partial charge is 0.333 e. The van der Waals surface area contributed by atoms with Gasteiger partial charge in [0, 0.05) is 13.0 Å². The average molecular weight is 263 g/mol. The molecule has 1 heterocycles. The van der Waals surface area contributed by atoms with E-state index in [1.54, 1.807) is 24.0 Å². The van der Waals surface area contributed by atoms with Crippen LogP contribution in [0.15, 0.2) is 24.3 Å². The van der Waals surface area contributed by atoms with E-state index in [1.807, 2.05) is 0 Å². The van der Waals surface area contributed by atoms with Crippen molar-refractivity contribution in [2.45, 2.75) is 25.8 Å². The molecule has 19 heavy (non-hydrogen) atoms. The van der Waals surface area contributed by atoms with E-state index in [-0.39, 0.29) is 18.3 Å². The molecule has 5 heteroatoms. The highest BCUT2D eigenvalue weighted by Gasteiger charge is 2.34. The van der Waals surface area contributed by atoms with Crippen LogP contribution in [0.1, 0.15) is 31.4 Å². The van der Waals surface area contributed by atoms with Crippen LogP contribution < -0.4 is 0 Å². The summed E-state index contributed by atoms with van der Waals surface area (Å²) in [5.74, 6) is -0.339. The van der Waals surface area contributed by atoms with E-state index in [1.165, 1.54) is 12.1 Å². The van der Waals surface area contributed by atoms with E-state index in [0.29, 0.717) is 18.5 Å². The summed E-state index contributed by atoms with van der Waals surface area (Å²) in [7, 11) is 0. The van der Waals surface area contributed by atoms with Gasteiger partial charge in [-0.1, -0.05) is 12.1 Å². The molecular formula is C14H17NO4. The van der Waals surface area contributed by atoms with Crippen LogP contribution in [0, 0.1) is 0 Å². The number of carbonyl (C=O) groups is 2. The van der Waals surface area contributed by atoms with Gasteiger partial charge in [-0.05, 0) is 31.0 Å². The van der Waals surface area contributed by atoms with E-state index < -0.39 is 12.0 Å². The summed E-state index contributed by atoms with van der Waals surface area (Å²) < 4.78 is 5.05. The lowest BCUT2D eigenvalue weighted by Gasteiger charge is -2.26. The minimum Gasteiger partial charge on any atom is -0.508 e. The predicted molar refractivity (Wildman–Crippen MR) is 68.4 cm³/mol. The van der Waals surface area contributed by atoms with Gasteiger partial charge >= 0.3 is 5.97 Å². The number of esters is 1. The molecule has 0 aromatic heterocycles. The lowest BCUT2D eigenvalue weighted by molar-refractivity contribution is -0.153. The summed E-state index contributed by atoms with van der Waals surface area (Å²) in [6, 6.07) is 5.57. The van der Waals surface area contributed by atoms with Gasteiger partial charge in [-0.15, -0.1) is 0 Å². The second kappa shape index (κ2) is 5.73. The Labute approximate surface area is 111 Å². The Morgan fingerprint density at radius 3 is 2.63 bits per heavy atom. The van der Waals surface area contributed by atoms with Crippen molar-refractivity contribution in [2.75, 3.05) is 13.2 Å². The quantitative estimate of drug-likeness (QED) is 0.838. The number of likely N-dealkylation sites (tertiary alicyclic amines) is 1. The fraction of sp³-hybridized carbons (Fsp3) is 0.429. The van der Waals surface area contributed by atoms with E-state index in [0.717, 1.165) is 6.42 Å². The van der Waals surface area contributed by atoms with Crippen LogP contribution in [0.5, 0.6) is 5.75 Å². The molecule has 1 fully saturated rings. The van der Waals surface area contributed by atoms with E-state index >= 15 is 0 Å². The molecule has 0 unspecified atom stereocenters. The van der Waals surface area contributed by atoms with Crippen molar-refractivity contribution >= 4 is 11.9 Å². The summed E-state index contributed by atoms with van der Waals surface area (Å²) in [5, 5.41) is 9.30. The summed E-state index contributed by atoms with van der Waals surface area (Å²) >= 11 is 0. The van der Waals surface area contributed by atoms with Crippen LogP contribution in [0.25, 0.3) is 0 Å². The van der Waals surface area contributed by atoms with Crippen molar-refractivity contribution < 1.29 is 19.4 Å². The zero-order valence-corrected chi connectivity index (χ0v) is 10.8. The second-order valence-electron chi connectivity index (χ2n) is 4.44. The number of rotatable bonds is 4. The molecule has 1 aromatic rings. The Morgan fingerprint density at radius 1 is 1.42 bits per heavy atom. The van der Waals surface area contributed by atoms with Crippen LogP contribution >= 0.6 is 0 Å². The Hall–Kier alpha value is -2.04. The van der Waals surface area contributed by atoms with Crippen LogP contribution in [0.2, 0.25) is 0 Å². The van der Waals surface area contributed by atoms with Gasteiger partial charge in [0.25, 0.3) is 0 Å². The van der Waals surface area contributed by atoms with Gasteiger partial charge in [-0.2, -0.15) is 0 Å². The molecule has 2 rings (SSSR count). The molecule has 1 saturated heterocycles. The number of hydrogen-bond acceptors (Lipinski definition) is 4. The number of phenols is 1. The molecular weight excluding hydrogens is 246 g/mol. The summed E-state index contributed by atoms with van der Waals surface area (Å²) in [5.41, 5.74) is 0.659. The lowest BCUT2D eigenvalue weighted by atomic mass is 10.1. The monoisotopic (exact) mass is 263 g/mol. The fourth-order valence-electron chi connectivity index (χ4n) is 2.26. The Balaban J connectivity index is 2.30. The maximum absolute atomic E-state index is 12.1. The molecule has 1 aliphatic rings. The van der Waals surface area contributed by atoms with Crippen molar-refractivity contribution in [1.82, 2.24) is 4.90 Å². The molecule has 0 aliphatic carbocycles. The first-order chi connectivity index (χ1) is 9.13. The molecule has 1 amide bonds. The van der Waals surface area contributed by atoms with Crippen molar-refractivity contribution in [2.24, 2.45) is 0 Å². The first kappa shape index (κ1) is 13.4. The van der Waals surface area contributed by atoms with Crippen molar-refractivity contribution in [3.8, 4) is 5.75 Å². The molecule has 1 aliphatic heterocycles. The van der Waals surface area contributed by atoms with E-state index in [2.05, 4.69) is 0 Å². The largest absolute Gasteiger partial charge is 0.508 e. The summed E-state index contributed by atoms with van der Waals surface area (Å²) in [6.45, 7) is 2.57. The van der Waals surface area contributed by atoms with Gasteiger partial charge in [-0.25, -0.2) is 4.79 Å². The van der Waals surface area contributed by atoms with E-state index in [4.69, 9.17) is 4.74 Å². The predicted octanol–water partition coefficient (Wildman–Crippen LogP) is 1.62. The van der Waals surface area contributed by atoms with Gasteiger partial charge < -0.3 is 14.7 Å². The highest BCUT2D eigenvalue weighted by atomic mass is 16.5. The zero-order chi connectivity index (χ0) is 13.8. The summed E-state index contributed by atoms with van der Waals surface area (Å²) in [4.78, 5) is 25.5. The fourth-order valence-corrected chi connectivity index (χ4v) is 2.26. The Bertz CT molecular complexity index is 469. The first-order valence-electron chi connectivity index (χ1n) is 6.38. The molecule has 102 valence electrons. The molecule has 1 N–H and O–H groups in total. The van der Waals surface area contributed by atoms with Crippen LogP contribution in [0.3, 0.4) is 0 Å². The standard InChI is InChI=1S/C14H17NO4/c1-2-19-14(18)13(15-9-3-4-12(15)17)10-5-7-11(16)8-6-10/h5-8,13,16H,2-4,9H2,1H3/t13-/m0/s1. The van der Waals surface area contributed by atoms with Crippen molar-refractivity contribution in [3.63, 3.8) is 0 Å². The first-order valence-corrected chi connectivity index (χ1v) is 6.38. The molecule has 0 saturated carbocycles. The SMILES string of the molecule is CCOC(=O)[C@H](c1ccc(O)cc1)N1CCCC1=O. The van der Waals surface area contributed by atoms with Gasteiger partial charge in [0.05, 0.1) is 6.61 Å². The topological polar surface area (TPSA) is 66.8 Å². The maximum Gasteiger partial charge on any atom is 0.333 e. The number of benzene rings is 1. The molecule has 1 atom stereocenters. The summed E-state index contributed by atoms with van der Waals surface area (Å²) in [6.07, 6.45) is 1.22. The number of ether oxygens (including phenoxy) is 1. The molecule has 0 spiro atoms. The normalized spacial score (nSPS) is 16.5. The number of phenolic OH excluding ortho intramolecular Hbond substituents is 1. The number of carbonyl (C=O) groups excluding carboxylic acids is 2. The minimum absolute atomic E-state index is 0.0360. The van der Waals surface area contributed by atoms with E-state index in [9.17, 15) is 14.7 Å². The highest BCUT2D eigenvalue weighted by molar-refractivity contribution is 5.86. The molecule has 0 bridgehead atoms. The van der Waals surface area contributed by atoms with Crippen molar-refractivity contribution in [1.29, 1.82) is 0 Å². The van der Waals surface area contributed by atoms with Crippen LogP contribution in [-0.2, 0) is 14.3 Å². The highest BCUT2D eigenvalue weighted by Crippen LogP contribution is 2.28. The van der Waals surface area contributed by atoms with Crippen molar-refractivity contribution in [3.05, 3.63) is 29.8 Å². The number of hydrogen-bond donors (Lipinski definition) is 1. The number of amides is 1. The average Bonchev–Trinajstić information content (AvgIpc) is 2.79. The zero-order valence-electron chi connectivity index (χ0n) is 10.8. The Morgan fingerprint density at radius 2 is 2.11 bits per heavy atom. The second-order valence-corrected chi connectivity index (χ2v) is 4.44. The minimum atomic E-state index is -0.712. The molecule has 1 aromatic carbocycles. The number of nitrogens with zero attached hydrogens (tertiary/aromatic N) is 1. The lowest BCUT2D eigenvalue weighted by Crippen LogP contribution is -2.36. The van der Waals surface area contributed by atoms with Crippen LogP contribution in [0.4, 0.5) is 0 Å². The number of aromatic hydroxyl groups is 1. The van der Waals surface area contributed by atoms with Gasteiger partial charge in [-0.3, -0.25) is 4.79 Å². The molecule has 5 nitrogen and oxygen atoms in total. The third-order valence-electron chi connectivity index (χ3n) is 3.14. The van der Waals surface area contributed by atoms with Gasteiger partial charge in [0.15, 0.2) is 6.04 Å². The third kappa shape index (κ3) is 2.86. The molecule has 0 radical (unpaired) electrons. The maximum atomic E-state index is 12.1. The third-order valence-corrected chi connectivity index (χ3v) is 3.14. The Kier molecular flexibility index (Phi) is 4.04. The van der Waals surface area contributed by atoms with Gasteiger partial charge in [0.2, 0.25) is 5.91 Å².